The zero-order chi connectivity index (χ0) is 30.3. The van der Waals surface area contributed by atoms with Crippen LogP contribution in [0.2, 0.25) is 0 Å². The fourth-order valence-corrected chi connectivity index (χ4v) is 4.27. The molecule has 3 aromatic rings. The lowest BCUT2D eigenvalue weighted by molar-refractivity contribution is -0.158. The Kier molecular flexibility index (Phi) is 11.7. The third kappa shape index (κ3) is 10.3. The normalized spacial score (nSPS) is 15.2. The third-order valence-electron chi connectivity index (χ3n) is 6.58. The van der Waals surface area contributed by atoms with Crippen molar-refractivity contribution in [2.24, 2.45) is 10.9 Å². The van der Waals surface area contributed by atoms with Gasteiger partial charge in [-0.1, -0.05) is 91.0 Å². The maximum Gasteiger partial charge on any atom is 0.414 e. The van der Waals surface area contributed by atoms with E-state index in [1.807, 2.05) is 91.0 Å². The number of alkyl carbamates (subject to hydrolysis) is 2. The van der Waals surface area contributed by atoms with Gasteiger partial charge >= 0.3 is 18.2 Å². The number of carbonyl (C=O) groups is 4. The van der Waals surface area contributed by atoms with E-state index in [-0.39, 0.29) is 38.2 Å². The molecule has 3 aromatic carbocycles. The van der Waals surface area contributed by atoms with Crippen LogP contribution < -0.4 is 16.0 Å². The molecule has 224 valence electrons. The first-order chi connectivity index (χ1) is 21.0. The number of hydrogen-bond acceptors (Lipinski definition) is 8. The van der Waals surface area contributed by atoms with Crippen molar-refractivity contribution in [3.63, 3.8) is 0 Å². The molecule has 0 saturated carbocycles. The van der Waals surface area contributed by atoms with Crippen molar-refractivity contribution >= 4 is 30.0 Å². The minimum atomic E-state index is -0.817. The summed E-state index contributed by atoms with van der Waals surface area (Å²) in [7, 11) is 0. The minimum Gasteiger partial charge on any atom is -0.464 e. The quantitative estimate of drug-likeness (QED) is 0.0730. The first-order valence-corrected chi connectivity index (χ1v) is 14.0. The summed E-state index contributed by atoms with van der Waals surface area (Å²) >= 11 is 0. The molecule has 2 atom stereocenters. The standard InChI is InChI=1S/C32H34N4O7/c37-28-26(27(34-28)29(38)41-20-18-23-11-4-1-5-12-23)17-10-19-33-30(35-31(39)42-21-24-13-6-2-7-14-24)36-32(40)43-22-25-15-8-3-9-16-25/h1-9,11-16,26-27H,10,17-22H2,(H,34,37)(H2,33,35,36,39,40). The lowest BCUT2D eigenvalue weighted by atomic mass is 9.86. The molecule has 1 heterocycles. The fraction of sp³-hybridized carbons (Fsp3) is 0.281. The van der Waals surface area contributed by atoms with Gasteiger partial charge in [0.25, 0.3) is 0 Å². The summed E-state index contributed by atoms with van der Waals surface area (Å²) in [5.74, 6) is -1.42. The van der Waals surface area contributed by atoms with Gasteiger partial charge in [0.1, 0.15) is 19.3 Å². The molecule has 1 aliphatic rings. The second-order valence-electron chi connectivity index (χ2n) is 9.74. The maximum absolute atomic E-state index is 12.5. The van der Waals surface area contributed by atoms with Crippen LogP contribution in [0.25, 0.3) is 0 Å². The first kappa shape index (κ1) is 30.8. The second kappa shape index (κ2) is 16.3. The Labute approximate surface area is 249 Å². The van der Waals surface area contributed by atoms with Crippen molar-refractivity contribution in [1.82, 2.24) is 16.0 Å². The summed E-state index contributed by atoms with van der Waals surface area (Å²) in [5, 5.41) is 7.46. The number of amides is 3. The van der Waals surface area contributed by atoms with Gasteiger partial charge in [-0.3, -0.25) is 20.4 Å². The molecule has 0 radical (unpaired) electrons. The summed E-state index contributed by atoms with van der Waals surface area (Å²) in [4.78, 5) is 53.7. The molecular weight excluding hydrogens is 552 g/mol. The number of nitrogens with zero attached hydrogens (tertiary/aromatic N) is 1. The Balaban J connectivity index is 1.26. The lowest BCUT2D eigenvalue weighted by Gasteiger charge is -2.34. The van der Waals surface area contributed by atoms with Crippen molar-refractivity contribution in [2.45, 2.75) is 38.5 Å². The summed E-state index contributed by atoms with van der Waals surface area (Å²) in [6.45, 7) is 0.413. The van der Waals surface area contributed by atoms with Gasteiger partial charge in [-0.15, -0.1) is 0 Å². The average molecular weight is 587 g/mol. The Morgan fingerprint density at radius 2 is 1.23 bits per heavy atom. The SMILES string of the molecule is O=C(NC(=NCCCC1C(=O)NC1C(=O)OCCc1ccccc1)NC(=O)OCc1ccccc1)OCc1ccccc1. The fourth-order valence-electron chi connectivity index (χ4n) is 4.27. The van der Waals surface area contributed by atoms with Crippen LogP contribution in [-0.2, 0) is 43.4 Å². The van der Waals surface area contributed by atoms with Gasteiger partial charge in [0.05, 0.1) is 12.5 Å². The Hall–Kier alpha value is -5.19. The third-order valence-corrected chi connectivity index (χ3v) is 6.58. The van der Waals surface area contributed by atoms with Crippen LogP contribution >= 0.6 is 0 Å². The molecule has 11 heteroatoms. The molecular formula is C32H34N4O7. The molecule has 11 nitrogen and oxygen atoms in total. The van der Waals surface area contributed by atoms with E-state index >= 15 is 0 Å². The van der Waals surface area contributed by atoms with Crippen LogP contribution in [0.15, 0.2) is 96.0 Å². The number of nitrogens with one attached hydrogen (secondary N) is 3. The van der Waals surface area contributed by atoms with Crippen molar-refractivity contribution in [1.29, 1.82) is 0 Å². The second-order valence-corrected chi connectivity index (χ2v) is 9.74. The summed E-state index contributed by atoms with van der Waals surface area (Å²) < 4.78 is 15.8. The number of carbonyl (C=O) groups excluding carboxylic acids is 4. The minimum absolute atomic E-state index is 0.0258. The van der Waals surface area contributed by atoms with E-state index in [4.69, 9.17) is 14.2 Å². The van der Waals surface area contributed by atoms with Crippen molar-refractivity contribution in [2.75, 3.05) is 13.2 Å². The van der Waals surface area contributed by atoms with Crippen LogP contribution in [0.1, 0.15) is 29.5 Å². The van der Waals surface area contributed by atoms with Crippen LogP contribution in [0.3, 0.4) is 0 Å². The zero-order valence-corrected chi connectivity index (χ0v) is 23.6. The van der Waals surface area contributed by atoms with Crippen LogP contribution in [0.4, 0.5) is 9.59 Å². The molecule has 0 aromatic heterocycles. The number of benzene rings is 3. The van der Waals surface area contributed by atoms with Crippen LogP contribution in [-0.4, -0.2) is 49.2 Å². The van der Waals surface area contributed by atoms with E-state index in [0.717, 1.165) is 16.7 Å². The summed E-state index contributed by atoms with van der Waals surface area (Å²) in [5.41, 5.74) is 2.63. The molecule has 1 saturated heterocycles. The number of rotatable bonds is 12. The van der Waals surface area contributed by atoms with Gasteiger partial charge in [0.15, 0.2) is 0 Å². The number of esters is 1. The molecule has 2 unspecified atom stereocenters. The highest BCUT2D eigenvalue weighted by molar-refractivity contribution is 6.01. The highest BCUT2D eigenvalue weighted by atomic mass is 16.6. The largest absolute Gasteiger partial charge is 0.464 e. The van der Waals surface area contributed by atoms with E-state index in [0.29, 0.717) is 19.3 Å². The zero-order valence-electron chi connectivity index (χ0n) is 23.6. The van der Waals surface area contributed by atoms with Crippen molar-refractivity contribution < 1.29 is 33.4 Å². The number of aliphatic imine (C=N–C) groups is 1. The number of hydrogen-bond donors (Lipinski definition) is 3. The Morgan fingerprint density at radius 3 is 1.74 bits per heavy atom. The van der Waals surface area contributed by atoms with Crippen LogP contribution in [0, 0.1) is 5.92 Å². The first-order valence-electron chi connectivity index (χ1n) is 14.0. The smallest absolute Gasteiger partial charge is 0.414 e. The van der Waals surface area contributed by atoms with Gasteiger partial charge in [-0.2, -0.15) is 0 Å². The van der Waals surface area contributed by atoms with Crippen molar-refractivity contribution in [3.8, 4) is 0 Å². The number of β-lactam (4-membered cyclic amide) rings is 1. The Bertz CT molecular complexity index is 1330. The van der Waals surface area contributed by atoms with E-state index in [1.165, 1.54) is 0 Å². The van der Waals surface area contributed by atoms with Gasteiger partial charge in [-0.25, -0.2) is 14.4 Å². The van der Waals surface area contributed by atoms with Gasteiger partial charge < -0.3 is 19.5 Å². The highest BCUT2D eigenvalue weighted by Crippen LogP contribution is 2.22. The number of ether oxygens (including phenoxy) is 3. The molecule has 3 N–H and O–H groups in total. The molecule has 43 heavy (non-hydrogen) atoms. The maximum atomic E-state index is 12.5. The predicted octanol–water partition coefficient (Wildman–Crippen LogP) is 3.88. The molecule has 3 amide bonds. The lowest BCUT2D eigenvalue weighted by Crippen LogP contribution is -2.62. The predicted molar refractivity (Wildman–Crippen MR) is 158 cm³/mol. The highest BCUT2D eigenvalue weighted by Gasteiger charge is 2.44. The summed E-state index contributed by atoms with van der Waals surface area (Å²) in [6.07, 6.45) is -0.295. The van der Waals surface area contributed by atoms with E-state index < -0.39 is 30.1 Å². The van der Waals surface area contributed by atoms with E-state index in [2.05, 4.69) is 20.9 Å². The number of guanidine groups is 1. The molecule has 4 rings (SSSR count). The molecule has 0 aliphatic carbocycles. The molecule has 0 spiro atoms. The average Bonchev–Trinajstić information content (AvgIpc) is 3.02. The van der Waals surface area contributed by atoms with Gasteiger partial charge in [0, 0.05) is 13.0 Å². The summed E-state index contributed by atoms with van der Waals surface area (Å²) in [6, 6.07) is 27.2. The van der Waals surface area contributed by atoms with E-state index in [1.54, 1.807) is 0 Å². The Morgan fingerprint density at radius 1 is 0.721 bits per heavy atom. The molecule has 0 bridgehead atoms. The monoisotopic (exact) mass is 586 g/mol. The van der Waals surface area contributed by atoms with E-state index in [9.17, 15) is 19.2 Å². The van der Waals surface area contributed by atoms with Crippen molar-refractivity contribution in [3.05, 3.63) is 108 Å². The van der Waals surface area contributed by atoms with Crippen LogP contribution in [0.5, 0.6) is 0 Å². The molecule has 1 fully saturated rings. The van der Waals surface area contributed by atoms with Gasteiger partial charge in [0.2, 0.25) is 11.9 Å². The van der Waals surface area contributed by atoms with Gasteiger partial charge in [-0.05, 0) is 29.5 Å². The topological polar surface area (TPSA) is 144 Å². The molecule has 1 aliphatic heterocycles.